The summed E-state index contributed by atoms with van der Waals surface area (Å²) in [5, 5.41) is 9.93. The standard InChI is InChI=1S/C25H19F2N3O3/c1-24(2,31)8-7-14-10-18-21(19(26)11-14)33-20-6-5-15(16-4-3-9-29-22(16)27)12-17(20)25(18)13-32-23(28)30-25/h3-6,9-12,31H,13H2,1-2H3,(H2,28,30). The lowest BCUT2D eigenvalue weighted by Gasteiger charge is -2.34. The van der Waals surface area contributed by atoms with Gasteiger partial charge in [0, 0.05) is 28.5 Å². The predicted octanol–water partition coefficient (Wildman–Crippen LogP) is 3.84. The molecule has 0 saturated heterocycles. The van der Waals surface area contributed by atoms with Crippen molar-refractivity contribution in [3.63, 3.8) is 0 Å². The number of aliphatic imine (C=N–C) groups is 1. The number of nitrogens with two attached hydrogens (primary N) is 1. The second-order valence-corrected chi connectivity index (χ2v) is 8.40. The molecular weight excluding hydrogens is 428 g/mol. The van der Waals surface area contributed by atoms with Crippen LogP contribution in [0.5, 0.6) is 11.5 Å². The van der Waals surface area contributed by atoms with Gasteiger partial charge in [0.05, 0.1) is 0 Å². The van der Waals surface area contributed by atoms with Crippen molar-refractivity contribution in [1.82, 2.24) is 4.98 Å². The molecule has 3 heterocycles. The molecule has 1 atom stereocenters. The average molecular weight is 447 g/mol. The Hall–Kier alpha value is -3.96. The van der Waals surface area contributed by atoms with Gasteiger partial charge in [0.25, 0.3) is 6.02 Å². The molecule has 0 saturated carbocycles. The number of rotatable bonds is 1. The quantitative estimate of drug-likeness (QED) is 0.437. The molecule has 1 spiro atoms. The number of hydrogen-bond acceptors (Lipinski definition) is 6. The van der Waals surface area contributed by atoms with Crippen molar-refractivity contribution in [3.8, 4) is 34.5 Å². The van der Waals surface area contributed by atoms with Crippen LogP contribution in [0.3, 0.4) is 0 Å². The summed E-state index contributed by atoms with van der Waals surface area (Å²) in [5.74, 6) is 4.54. The number of fused-ring (bicyclic) bond motifs is 4. The normalized spacial score (nSPS) is 18.4. The third kappa shape index (κ3) is 3.56. The third-order valence-corrected chi connectivity index (χ3v) is 5.44. The van der Waals surface area contributed by atoms with E-state index in [0.717, 1.165) is 0 Å². The molecule has 33 heavy (non-hydrogen) atoms. The van der Waals surface area contributed by atoms with E-state index in [2.05, 4.69) is 21.8 Å². The van der Waals surface area contributed by atoms with Crippen molar-refractivity contribution >= 4 is 6.02 Å². The SMILES string of the molecule is CC(C)(O)C#Cc1cc(F)c2c(c1)C1(COC(N)=N1)c1cc(-c3cccnc3F)ccc1O2. The van der Waals surface area contributed by atoms with Gasteiger partial charge in [-0.2, -0.15) is 4.39 Å². The number of ether oxygens (including phenoxy) is 2. The van der Waals surface area contributed by atoms with Crippen LogP contribution in [-0.2, 0) is 10.3 Å². The minimum absolute atomic E-state index is 0.00296. The summed E-state index contributed by atoms with van der Waals surface area (Å²) in [6.45, 7) is 3.07. The summed E-state index contributed by atoms with van der Waals surface area (Å²) in [6, 6.07) is 11.1. The van der Waals surface area contributed by atoms with E-state index < -0.39 is 22.9 Å². The van der Waals surface area contributed by atoms with E-state index >= 15 is 4.39 Å². The van der Waals surface area contributed by atoms with Crippen molar-refractivity contribution in [2.24, 2.45) is 10.7 Å². The van der Waals surface area contributed by atoms with Crippen LogP contribution in [0.15, 0.2) is 53.7 Å². The summed E-state index contributed by atoms with van der Waals surface area (Å²) < 4.78 is 40.9. The lowest BCUT2D eigenvalue weighted by atomic mass is 9.79. The maximum atomic E-state index is 15.1. The first-order chi connectivity index (χ1) is 15.7. The van der Waals surface area contributed by atoms with Crippen molar-refractivity contribution < 1.29 is 23.4 Å². The fourth-order valence-electron chi connectivity index (χ4n) is 3.97. The Morgan fingerprint density at radius 3 is 2.67 bits per heavy atom. The fourth-order valence-corrected chi connectivity index (χ4v) is 3.97. The zero-order valence-electron chi connectivity index (χ0n) is 17.8. The van der Waals surface area contributed by atoms with Gasteiger partial charge in [0.2, 0.25) is 5.95 Å². The minimum Gasteiger partial charge on any atom is -0.462 e. The second-order valence-electron chi connectivity index (χ2n) is 8.40. The van der Waals surface area contributed by atoms with Crippen LogP contribution in [0.2, 0.25) is 0 Å². The number of aromatic nitrogens is 1. The lowest BCUT2D eigenvalue weighted by molar-refractivity contribution is 0.143. The van der Waals surface area contributed by atoms with Gasteiger partial charge < -0.3 is 20.3 Å². The van der Waals surface area contributed by atoms with Crippen LogP contribution in [0, 0.1) is 23.6 Å². The average Bonchev–Trinajstić information content (AvgIpc) is 3.15. The first-order valence-electron chi connectivity index (χ1n) is 10.2. The number of hydrogen-bond donors (Lipinski definition) is 2. The summed E-state index contributed by atoms with van der Waals surface area (Å²) in [5.41, 5.74) is 5.51. The number of nitrogens with zero attached hydrogens (tertiary/aromatic N) is 2. The number of aliphatic hydroxyl groups is 1. The molecule has 166 valence electrons. The highest BCUT2D eigenvalue weighted by Crippen LogP contribution is 2.52. The zero-order chi connectivity index (χ0) is 23.4. The van der Waals surface area contributed by atoms with Gasteiger partial charge in [-0.3, -0.25) is 0 Å². The number of benzene rings is 2. The third-order valence-electron chi connectivity index (χ3n) is 5.44. The van der Waals surface area contributed by atoms with Crippen LogP contribution in [0.4, 0.5) is 8.78 Å². The number of amidine groups is 1. The van der Waals surface area contributed by atoms with Crippen LogP contribution in [0.25, 0.3) is 11.1 Å². The molecule has 2 aliphatic heterocycles. The van der Waals surface area contributed by atoms with Crippen molar-refractivity contribution in [2.45, 2.75) is 25.0 Å². The summed E-state index contributed by atoms with van der Waals surface area (Å²) in [6.07, 6.45) is 1.37. The highest BCUT2D eigenvalue weighted by Gasteiger charge is 2.48. The number of pyridine rings is 1. The number of halogens is 2. The molecule has 0 bridgehead atoms. The van der Waals surface area contributed by atoms with E-state index in [-0.39, 0.29) is 18.4 Å². The molecule has 0 amide bonds. The Morgan fingerprint density at radius 2 is 1.97 bits per heavy atom. The van der Waals surface area contributed by atoms with Gasteiger partial charge >= 0.3 is 0 Å². The van der Waals surface area contributed by atoms with Crippen molar-refractivity contribution in [3.05, 3.63) is 77.1 Å². The van der Waals surface area contributed by atoms with Crippen molar-refractivity contribution in [1.29, 1.82) is 0 Å². The molecule has 6 nitrogen and oxygen atoms in total. The minimum atomic E-state index is -1.26. The van der Waals surface area contributed by atoms with Gasteiger partial charge in [-0.1, -0.05) is 17.9 Å². The van der Waals surface area contributed by atoms with E-state index in [1.807, 2.05) is 0 Å². The first kappa shape index (κ1) is 20.9. The van der Waals surface area contributed by atoms with Crippen LogP contribution >= 0.6 is 0 Å². The van der Waals surface area contributed by atoms with E-state index in [1.54, 1.807) is 36.4 Å². The highest BCUT2D eigenvalue weighted by molar-refractivity contribution is 5.78. The van der Waals surface area contributed by atoms with Gasteiger partial charge in [-0.05, 0) is 55.8 Å². The van der Waals surface area contributed by atoms with Gasteiger partial charge in [0.15, 0.2) is 17.1 Å². The first-order valence-corrected chi connectivity index (χ1v) is 10.2. The molecular formula is C25H19F2N3O3. The smallest absolute Gasteiger partial charge is 0.283 e. The molecule has 5 rings (SSSR count). The maximum Gasteiger partial charge on any atom is 0.283 e. The topological polar surface area (TPSA) is 90.0 Å². The Morgan fingerprint density at radius 1 is 1.15 bits per heavy atom. The molecule has 1 unspecified atom stereocenters. The Labute approximate surface area is 188 Å². The highest BCUT2D eigenvalue weighted by atomic mass is 19.1. The van der Waals surface area contributed by atoms with E-state index in [9.17, 15) is 9.50 Å². The van der Waals surface area contributed by atoms with Gasteiger partial charge in [-0.25, -0.2) is 14.4 Å². The van der Waals surface area contributed by atoms with Crippen LogP contribution in [-0.4, -0.2) is 28.3 Å². The molecule has 2 aromatic carbocycles. The second kappa shape index (κ2) is 7.29. The molecule has 1 aromatic heterocycles. The fraction of sp³-hybridized carbons (Fsp3) is 0.200. The van der Waals surface area contributed by atoms with Crippen LogP contribution in [0.1, 0.15) is 30.5 Å². The molecule has 2 aliphatic rings. The van der Waals surface area contributed by atoms with Crippen molar-refractivity contribution in [2.75, 3.05) is 6.61 Å². The maximum absolute atomic E-state index is 15.1. The lowest BCUT2D eigenvalue weighted by Crippen LogP contribution is -2.31. The molecule has 0 aliphatic carbocycles. The molecule has 3 aromatic rings. The molecule has 8 heteroatoms. The summed E-state index contributed by atoms with van der Waals surface area (Å²) >= 11 is 0. The van der Waals surface area contributed by atoms with Crippen LogP contribution < -0.4 is 10.5 Å². The Balaban J connectivity index is 1.73. The molecule has 0 fully saturated rings. The molecule has 0 radical (unpaired) electrons. The Kier molecular flexibility index (Phi) is 4.62. The van der Waals surface area contributed by atoms with E-state index in [1.165, 1.54) is 26.1 Å². The Bertz CT molecular complexity index is 1390. The van der Waals surface area contributed by atoms with Gasteiger partial charge in [0.1, 0.15) is 18.0 Å². The molecule has 3 N–H and O–H groups in total. The zero-order valence-corrected chi connectivity index (χ0v) is 17.8. The monoisotopic (exact) mass is 447 g/mol. The van der Waals surface area contributed by atoms with E-state index in [4.69, 9.17) is 15.2 Å². The summed E-state index contributed by atoms with van der Waals surface area (Å²) in [7, 11) is 0. The van der Waals surface area contributed by atoms with E-state index in [0.29, 0.717) is 33.6 Å². The van der Waals surface area contributed by atoms with Gasteiger partial charge in [-0.15, -0.1) is 0 Å². The predicted molar refractivity (Wildman–Crippen MR) is 118 cm³/mol. The summed E-state index contributed by atoms with van der Waals surface area (Å²) in [4.78, 5) is 8.24. The largest absolute Gasteiger partial charge is 0.462 e.